The Hall–Kier alpha value is -7.30. The first kappa shape index (κ1) is 37.7. The first-order valence-electron chi connectivity index (χ1n) is 21.3. The van der Waals surface area contributed by atoms with Crippen LogP contribution >= 0.6 is 0 Å². The molecule has 0 N–H and O–H groups in total. The van der Waals surface area contributed by atoms with E-state index in [4.69, 9.17) is 9.47 Å². The van der Waals surface area contributed by atoms with Gasteiger partial charge in [-0.1, -0.05) is 136 Å². The van der Waals surface area contributed by atoms with Crippen molar-refractivity contribution in [1.29, 1.82) is 0 Å². The van der Waals surface area contributed by atoms with Crippen LogP contribution in [0.2, 0.25) is 0 Å². The van der Waals surface area contributed by atoms with Gasteiger partial charge >= 0.3 is 11.9 Å². The van der Waals surface area contributed by atoms with Crippen LogP contribution in [-0.4, -0.2) is 18.5 Å². The third-order valence-electron chi connectivity index (χ3n) is 13.3. The molecule has 62 heavy (non-hydrogen) atoms. The third kappa shape index (κ3) is 5.81. The molecule has 0 spiro atoms. The van der Waals surface area contributed by atoms with Gasteiger partial charge in [-0.15, -0.1) is 0 Å². The van der Waals surface area contributed by atoms with E-state index in [1.54, 1.807) is 13.8 Å². The number of hydrogen-bond donors (Lipinski definition) is 0. The Bertz CT molecular complexity index is 3530. The maximum Gasteiger partial charge on any atom is 0.333 e. The SMILES string of the molecule is C=C(C)C(=O)OCCc1cc2ccc3ccc(-c4ccc5c(c4)C(C)(C)c4cc(-c6ccc7ccc8cc(COC(=O)C(=C)C)cc9ccc6c7c89)ccc4-5)c4ccc(c1)c2c34. The van der Waals surface area contributed by atoms with Crippen LogP contribution in [0.3, 0.4) is 0 Å². The summed E-state index contributed by atoms with van der Waals surface area (Å²) in [7, 11) is 0. The van der Waals surface area contributed by atoms with Crippen LogP contribution in [-0.2, 0) is 37.5 Å². The Morgan fingerprint density at radius 3 is 1.35 bits per heavy atom. The molecule has 0 aliphatic heterocycles. The molecule has 0 unspecified atom stereocenters. The van der Waals surface area contributed by atoms with Crippen molar-refractivity contribution in [2.24, 2.45) is 0 Å². The zero-order valence-corrected chi connectivity index (χ0v) is 35.4. The van der Waals surface area contributed by atoms with Crippen molar-refractivity contribution in [3.05, 3.63) is 180 Å². The second-order valence-electron chi connectivity index (χ2n) is 17.8. The molecule has 4 nitrogen and oxygen atoms in total. The highest BCUT2D eigenvalue weighted by atomic mass is 16.5. The van der Waals surface area contributed by atoms with Crippen molar-refractivity contribution in [3.63, 3.8) is 0 Å². The highest BCUT2D eigenvalue weighted by Gasteiger charge is 2.36. The first-order chi connectivity index (χ1) is 29.9. The highest BCUT2D eigenvalue weighted by Crippen LogP contribution is 2.52. The summed E-state index contributed by atoms with van der Waals surface area (Å²) in [5.74, 6) is -0.725. The van der Waals surface area contributed by atoms with Gasteiger partial charge < -0.3 is 9.47 Å². The fraction of sp³-hybridized carbons (Fsp3) is 0.138. The average molecular weight is 805 g/mol. The lowest BCUT2D eigenvalue weighted by atomic mass is 9.80. The predicted molar refractivity (Wildman–Crippen MR) is 256 cm³/mol. The molecule has 1 aliphatic carbocycles. The number of carbonyl (C=O) groups excluding carboxylic acids is 2. The number of benzene rings is 10. The van der Waals surface area contributed by atoms with Gasteiger partial charge in [-0.25, -0.2) is 9.59 Å². The lowest BCUT2D eigenvalue weighted by Gasteiger charge is -2.23. The molecule has 4 heteroatoms. The molecule has 0 aromatic heterocycles. The molecule has 11 rings (SSSR count). The van der Waals surface area contributed by atoms with E-state index in [0.717, 1.165) is 21.9 Å². The molecule has 0 bridgehead atoms. The van der Waals surface area contributed by atoms with E-state index in [-0.39, 0.29) is 24.0 Å². The summed E-state index contributed by atoms with van der Waals surface area (Å²) in [6, 6.07) is 49.7. The average Bonchev–Trinajstić information content (AvgIpc) is 3.50. The molecule has 0 saturated carbocycles. The summed E-state index contributed by atoms with van der Waals surface area (Å²) in [5, 5.41) is 14.6. The molecule has 0 amide bonds. The zero-order chi connectivity index (χ0) is 42.6. The minimum atomic E-state index is -0.376. The number of hydrogen-bond acceptors (Lipinski definition) is 4. The third-order valence-corrected chi connectivity index (χ3v) is 13.3. The van der Waals surface area contributed by atoms with Gasteiger partial charge in [-0.3, -0.25) is 0 Å². The first-order valence-corrected chi connectivity index (χ1v) is 21.3. The van der Waals surface area contributed by atoms with E-state index in [1.807, 2.05) is 0 Å². The molecule has 300 valence electrons. The standard InChI is InChI=1S/C58H44O4/c1-32(2)56(59)61-24-23-34-25-40-9-7-36-11-17-44(48-21-15-42(26-34)52(40)54(36)48)38-13-19-46-47-20-14-39(30-51(47)58(5,6)50(46)29-38)45-18-12-37-8-10-41-27-35(31-62-57(60)33(3)4)28-43-16-22-49(45)55(37)53(41)43/h7-22,25-30H,1,3,23-24,31H2,2,4-6H3. The summed E-state index contributed by atoms with van der Waals surface area (Å²) in [6.07, 6.45) is 0.647. The van der Waals surface area contributed by atoms with Gasteiger partial charge in [0.25, 0.3) is 0 Å². The normalized spacial score (nSPS) is 13.1. The summed E-state index contributed by atoms with van der Waals surface area (Å²) in [6.45, 7) is 16.0. The van der Waals surface area contributed by atoms with Crippen LogP contribution < -0.4 is 0 Å². The van der Waals surface area contributed by atoms with Crippen molar-refractivity contribution < 1.29 is 19.1 Å². The van der Waals surface area contributed by atoms with Crippen LogP contribution in [0.5, 0.6) is 0 Å². The van der Waals surface area contributed by atoms with Gasteiger partial charge in [0.1, 0.15) is 6.61 Å². The quantitative estimate of drug-likeness (QED) is 0.0828. The summed E-state index contributed by atoms with van der Waals surface area (Å²) < 4.78 is 10.9. The molecule has 1 aliphatic rings. The lowest BCUT2D eigenvalue weighted by molar-refractivity contribution is -0.140. The van der Waals surface area contributed by atoms with Crippen molar-refractivity contribution in [3.8, 4) is 33.4 Å². The van der Waals surface area contributed by atoms with Gasteiger partial charge in [0.2, 0.25) is 0 Å². The van der Waals surface area contributed by atoms with Crippen molar-refractivity contribution in [1.82, 2.24) is 0 Å². The number of fused-ring (bicyclic) bond motifs is 3. The van der Waals surface area contributed by atoms with Crippen molar-refractivity contribution in [2.45, 2.75) is 46.1 Å². The second-order valence-corrected chi connectivity index (χ2v) is 17.8. The smallest absolute Gasteiger partial charge is 0.333 e. The topological polar surface area (TPSA) is 52.6 Å². The largest absolute Gasteiger partial charge is 0.462 e. The molecule has 10 aromatic rings. The maximum atomic E-state index is 12.1. The Morgan fingerprint density at radius 2 is 0.871 bits per heavy atom. The fourth-order valence-corrected chi connectivity index (χ4v) is 10.2. The lowest BCUT2D eigenvalue weighted by Crippen LogP contribution is -2.15. The zero-order valence-electron chi connectivity index (χ0n) is 35.4. The Morgan fingerprint density at radius 1 is 0.468 bits per heavy atom. The molecule has 0 radical (unpaired) electrons. The van der Waals surface area contributed by atoms with E-state index in [1.165, 1.54) is 98.4 Å². The molecular weight excluding hydrogens is 761 g/mol. The van der Waals surface area contributed by atoms with E-state index in [2.05, 4.69) is 160 Å². The summed E-state index contributed by atoms with van der Waals surface area (Å²) >= 11 is 0. The maximum absolute atomic E-state index is 12.1. The minimum Gasteiger partial charge on any atom is -0.462 e. The number of carbonyl (C=O) groups is 2. The number of rotatable bonds is 9. The Balaban J connectivity index is 0.946. The Kier molecular flexibility index (Phi) is 8.43. The minimum absolute atomic E-state index is 0.210. The van der Waals surface area contributed by atoms with Crippen molar-refractivity contribution in [2.75, 3.05) is 6.61 Å². The summed E-state index contributed by atoms with van der Waals surface area (Å²) in [5.41, 5.74) is 12.8. The van der Waals surface area contributed by atoms with E-state index in [0.29, 0.717) is 24.2 Å². The van der Waals surface area contributed by atoms with Crippen LogP contribution in [0.25, 0.3) is 98.0 Å². The monoisotopic (exact) mass is 804 g/mol. The highest BCUT2D eigenvalue weighted by molar-refractivity contribution is 6.27. The molecule has 0 saturated heterocycles. The molecule has 0 fully saturated rings. The molecule has 10 aromatic carbocycles. The van der Waals surface area contributed by atoms with E-state index < -0.39 is 0 Å². The van der Waals surface area contributed by atoms with Crippen LogP contribution in [0.1, 0.15) is 49.9 Å². The van der Waals surface area contributed by atoms with Crippen LogP contribution in [0.15, 0.2) is 158 Å². The molecule has 0 atom stereocenters. The van der Waals surface area contributed by atoms with E-state index >= 15 is 0 Å². The number of esters is 2. The van der Waals surface area contributed by atoms with Crippen molar-refractivity contribution >= 4 is 76.6 Å². The fourth-order valence-electron chi connectivity index (χ4n) is 10.2. The number of ether oxygens (including phenoxy) is 2. The Labute approximate surface area is 360 Å². The van der Waals surface area contributed by atoms with Gasteiger partial charge in [-0.2, -0.15) is 0 Å². The molecule has 0 heterocycles. The summed E-state index contributed by atoms with van der Waals surface area (Å²) in [4.78, 5) is 24.1. The predicted octanol–water partition coefficient (Wildman–Crippen LogP) is 14.4. The van der Waals surface area contributed by atoms with Gasteiger partial charge in [-0.05, 0) is 158 Å². The molecular formula is C58H44O4. The van der Waals surface area contributed by atoms with Crippen LogP contribution in [0, 0.1) is 0 Å². The van der Waals surface area contributed by atoms with Crippen LogP contribution in [0.4, 0.5) is 0 Å². The van der Waals surface area contributed by atoms with Gasteiger partial charge in [0.05, 0.1) is 6.61 Å². The van der Waals surface area contributed by atoms with E-state index in [9.17, 15) is 9.59 Å². The van der Waals surface area contributed by atoms with Gasteiger partial charge in [0, 0.05) is 23.0 Å². The second kappa shape index (κ2) is 13.9. The van der Waals surface area contributed by atoms with Gasteiger partial charge in [0.15, 0.2) is 0 Å².